The van der Waals surface area contributed by atoms with Gasteiger partial charge in [0.15, 0.2) is 5.69 Å². The van der Waals surface area contributed by atoms with E-state index in [-0.39, 0.29) is 17.2 Å². The Balaban J connectivity index is 1.81. The third kappa shape index (κ3) is 3.27. The highest BCUT2D eigenvalue weighted by molar-refractivity contribution is 5.91. The Labute approximate surface area is 109 Å². The number of carbonyl (C=O) groups excluding carboxylic acids is 1. The molecule has 0 spiro atoms. The van der Waals surface area contributed by atoms with E-state index in [1.54, 1.807) is 10.6 Å². The van der Waals surface area contributed by atoms with E-state index in [1.165, 1.54) is 12.3 Å². The minimum Gasteiger partial charge on any atom is -0.351 e. The maximum Gasteiger partial charge on any atom is 0.273 e. The highest BCUT2D eigenvalue weighted by Gasteiger charge is 2.07. The van der Waals surface area contributed by atoms with Crippen LogP contribution >= 0.6 is 0 Å². The zero-order valence-corrected chi connectivity index (χ0v) is 10.6. The van der Waals surface area contributed by atoms with E-state index >= 15 is 0 Å². The fraction of sp³-hybridized carbons (Fsp3) is 0.333. The maximum absolute atomic E-state index is 11.6. The smallest absolute Gasteiger partial charge is 0.273 e. The summed E-state index contributed by atoms with van der Waals surface area (Å²) in [4.78, 5) is 23.2. The number of hydrogen-bond acceptors (Lipinski definition) is 4. The molecule has 0 bridgehead atoms. The van der Waals surface area contributed by atoms with E-state index in [0.717, 1.165) is 5.69 Å². The lowest BCUT2D eigenvalue weighted by Gasteiger charge is -2.09. The number of carbonyl (C=O) groups is 1. The first-order chi connectivity index (χ1) is 9.18. The van der Waals surface area contributed by atoms with Crippen LogP contribution in [0.15, 0.2) is 29.2 Å². The molecule has 0 atom stereocenters. The lowest BCUT2D eigenvalue weighted by Crippen LogP contribution is -2.27. The molecule has 0 aliphatic heterocycles. The van der Waals surface area contributed by atoms with E-state index < -0.39 is 0 Å². The minimum atomic E-state index is -0.272. The normalized spacial score (nSPS) is 10.4. The molecule has 7 heteroatoms. The highest BCUT2D eigenvalue weighted by Crippen LogP contribution is 1.95. The third-order valence-corrected chi connectivity index (χ3v) is 2.76. The molecule has 0 saturated carbocycles. The Morgan fingerprint density at radius 1 is 1.47 bits per heavy atom. The minimum absolute atomic E-state index is 0.0252. The van der Waals surface area contributed by atoms with E-state index in [4.69, 9.17) is 0 Å². The lowest BCUT2D eigenvalue weighted by molar-refractivity contribution is 0.0947. The number of nitrogens with one attached hydrogen (secondary N) is 2. The van der Waals surface area contributed by atoms with Crippen molar-refractivity contribution < 1.29 is 4.79 Å². The van der Waals surface area contributed by atoms with Crippen molar-refractivity contribution in [1.29, 1.82) is 0 Å². The molecule has 0 fully saturated rings. The summed E-state index contributed by atoms with van der Waals surface area (Å²) in [7, 11) is 0. The van der Waals surface area contributed by atoms with Crippen LogP contribution in [-0.4, -0.2) is 32.4 Å². The fourth-order valence-electron chi connectivity index (χ4n) is 1.75. The standard InChI is InChI=1S/C12H15N5O2/c1-9-4-2-5-11(18)17(9)7-3-6-13-12(19)10-8-14-16-15-10/h2,4-5,8H,3,6-7H2,1H3,(H,13,19)(H,14,15,16). The molecule has 0 unspecified atom stereocenters. The van der Waals surface area contributed by atoms with Crippen LogP contribution in [0.4, 0.5) is 0 Å². The number of pyridine rings is 1. The molecule has 2 N–H and O–H groups in total. The van der Waals surface area contributed by atoms with Gasteiger partial charge in [-0.15, -0.1) is 0 Å². The fourth-order valence-corrected chi connectivity index (χ4v) is 1.75. The summed E-state index contributed by atoms with van der Waals surface area (Å²) < 4.78 is 1.68. The van der Waals surface area contributed by atoms with Gasteiger partial charge in [-0.25, -0.2) is 0 Å². The van der Waals surface area contributed by atoms with E-state index in [2.05, 4.69) is 20.7 Å². The van der Waals surface area contributed by atoms with Crippen molar-refractivity contribution in [2.45, 2.75) is 19.9 Å². The largest absolute Gasteiger partial charge is 0.351 e. The molecule has 0 aliphatic carbocycles. The Kier molecular flexibility index (Phi) is 4.07. The van der Waals surface area contributed by atoms with Crippen molar-refractivity contribution in [2.24, 2.45) is 0 Å². The van der Waals surface area contributed by atoms with Gasteiger partial charge in [-0.3, -0.25) is 9.59 Å². The molecule has 100 valence electrons. The van der Waals surface area contributed by atoms with Crippen LogP contribution in [0.5, 0.6) is 0 Å². The van der Waals surface area contributed by atoms with Gasteiger partial charge < -0.3 is 9.88 Å². The molecule has 2 heterocycles. The van der Waals surface area contributed by atoms with Crippen LogP contribution in [0.2, 0.25) is 0 Å². The first kappa shape index (κ1) is 13.0. The predicted molar refractivity (Wildman–Crippen MR) is 68.8 cm³/mol. The van der Waals surface area contributed by atoms with E-state index in [1.807, 2.05) is 13.0 Å². The lowest BCUT2D eigenvalue weighted by atomic mass is 10.3. The first-order valence-electron chi connectivity index (χ1n) is 5.99. The van der Waals surface area contributed by atoms with Gasteiger partial charge in [0.05, 0.1) is 6.20 Å². The maximum atomic E-state index is 11.6. The van der Waals surface area contributed by atoms with Gasteiger partial charge in [0, 0.05) is 24.8 Å². The molecule has 19 heavy (non-hydrogen) atoms. The van der Waals surface area contributed by atoms with Crippen molar-refractivity contribution in [1.82, 2.24) is 25.3 Å². The van der Waals surface area contributed by atoms with Gasteiger partial charge in [-0.05, 0) is 19.4 Å². The third-order valence-electron chi connectivity index (χ3n) is 2.76. The van der Waals surface area contributed by atoms with Gasteiger partial charge >= 0.3 is 0 Å². The van der Waals surface area contributed by atoms with Gasteiger partial charge in [0.2, 0.25) is 0 Å². The Morgan fingerprint density at radius 2 is 2.32 bits per heavy atom. The number of rotatable bonds is 5. The Hall–Kier alpha value is -2.44. The number of nitrogens with zero attached hydrogens (tertiary/aromatic N) is 3. The highest BCUT2D eigenvalue weighted by atomic mass is 16.2. The molecule has 0 saturated heterocycles. The monoisotopic (exact) mass is 261 g/mol. The van der Waals surface area contributed by atoms with Crippen LogP contribution in [0.3, 0.4) is 0 Å². The summed E-state index contributed by atoms with van der Waals surface area (Å²) in [5, 5.41) is 12.3. The first-order valence-corrected chi connectivity index (χ1v) is 5.99. The summed E-state index contributed by atoms with van der Waals surface area (Å²) in [6.07, 6.45) is 2.04. The summed E-state index contributed by atoms with van der Waals surface area (Å²) in [5.41, 5.74) is 1.14. The average molecular weight is 261 g/mol. The number of aromatic amines is 1. The Morgan fingerprint density at radius 3 is 3.00 bits per heavy atom. The topological polar surface area (TPSA) is 92.7 Å². The summed E-state index contributed by atoms with van der Waals surface area (Å²) in [6.45, 7) is 2.94. The number of aromatic nitrogens is 4. The molecule has 2 rings (SSSR count). The number of H-pyrrole nitrogens is 1. The van der Waals surface area contributed by atoms with Gasteiger partial charge in [-0.2, -0.15) is 15.4 Å². The summed E-state index contributed by atoms with van der Waals surface area (Å²) in [5.74, 6) is -0.272. The average Bonchev–Trinajstić information content (AvgIpc) is 2.91. The molecule has 2 aromatic rings. The Bertz CT molecular complexity index is 603. The summed E-state index contributed by atoms with van der Waals surface area (Å²) >= 11 is 0. The van der Waals surface area contributed by atoms with Crippen molar-refractivity contribution in [3.05, 3.63) is 46.1 Å². The van der Waals surface area contributed by atoms with Crippen LogP contribution in [0, 0.1) is 6.92 Å². The molecule has 2 aromatic heterocycles. The molecule has 7 nitrogen and oxygen atoms in total. The quantitative estimate of drug-likeness (QED) is 0.746. The van der Waals surface area contributed by atoms with Crippen molar-refractivity contribution in [3.8, 4) is 0 Å². The van der Waals surface area contributed by atoms with Gasteiger partial charge in [0.1, 0.15) is 0 Å². The predicted octanol–water partition coefficient (Wildman–Crippen LogP) is 0.0949. The van der Waals surface area contributed by atoms with E-state index in [0.29, 0.717) is 19.5 Å². The van der Waals surface area contributed by atoms with Crippen molar-refractivity contribution >= 4 is 5.91 Å². The SMILES string of the molecule is Cc1cccc(=O)n1CCCNC(=O)c1cn[nH]n1. The molecule has 0 aromatic carbocycles. The number of aryl methyl sites for hydroxylation is 1. The summed E-state index contributed by atoms with van der Waals surface area (Å²) in [6, 6.07) is 5.15. The second-order valence-corrected chi connectivity index (χ2v) is 4.12. The van der Waals surface area contributed by atoms with Crippen LogP contribution < -0.4 is 10.9 Å². The second-order valence-electron chi connectivity index (χ2n) is 4.12. The zero-order valence-electron chi connectivity index (χ0n) is 10.6. The van der Waals surface area contributed by atoms with Crippen molar-refractivity contribution in [3.63, 3.8) is 0 Å². The second kappa shape index (κ2) is 5.94. The zero-order chi connectivity index (χ0) is 13.7. The van der Waals surface area contributed by atoms with Crippen LogP contribution in [0.1, 0.15) is 22.6 Å². The van der Waals surface area contributed by atoms with Gasteiger partial charge in [-0.1, -0.05) is 6.07 Å². The van der Waals surface area contributed by atoms with Crippen molar-refractivity contribution in [2.75, 3.05) is 6.54 Å². The van der Waals surface area contributed by atoms with Crippen LogP contribution in [-0.2, 0) is 6.54 Å². The molecule has 0 aliphatic rings. The molecular formula is C12H15N5O2. The number of amides is 1. The van der Waals surface area contributed by atoms with Crippen LogP contribution in [0.25, 0.3) is 0 Å². The van der Waals surface area contributed by atoms with Gasteiger partial charge in [0.25, 0.3) is 11.5 Å². The number of hydrogen-bond donors (Lipinski definition) is 2. The molecular weight excluding hydrogens is 246 g/mol. The molecule has 1 amide bonds. The molecule has 0 radical (unpaired) electrons. The van der Waals surface area contributed by atoms with E-state index in [9.17, 15) is 9.59 Å².